The Bertz CT molecular complexity index is 543. The van der Waals surface area contributed by atoms with E-state index in [0.717, 1.165) is 5.70 Å². The molecule has 0 aliphatic carbocycles. The van der Waals surface area contributed by atoms with E-state index in [9.17, 15) is 9.59 Å². The summed E-state index contributed by atoms with van der Waals surface area (Å²) >= 11 is 0. The molecule has 0 saturated carbocycles. The summed E-state index contributed by atoms with van der Waals surface area (Å²) in [5.74, 6) is -0.777. The van der Waals surface area contributed by atoms with Crippen LogP contribution in [0.3, 0.4) is 0 Å². The Morgan fingerprint density at radius 1 is 1.20 bits per heavy atom. The summed E-state index contributed by atoms with van der Waals surface area (Å²) in [6.45, 7) is 0.527. The lowest BCUT2D eigenvalue weighted by Gasteiger charge is -2.24. The molecular formula is C14H16N2O4. The van der Waals surface area contributed by atoms with Gasteiger partial charge in [-0.05, 0) is 24.4 Å². The fraction of sp³-hybridized carbons (Fsp3) is 0.286. The second kappa shape index (κ2) is 6.10. The maximum atomic E-state index is 11.5. The van der Waals surface area contributed by atoms with Gasteiger partial charge in [-0.2, -0.15) is 0 Å². The van der Waals surface area contributed by atoms with Crippen molar-refractivity contribution < 1.29 is 19.1 Å². The number of hydrogen-bond donors (Lipinski definition) is 2. The summed E-state index contributed by atoms with van der Waals surface area (Å²) in [5, 5.41) is 6.26. The number of esters is 2. The molecule has 2 aliphatic rings. The van der Waals surface area contributed by atoms with Gasteiger partial charge in [0.15, 0.2) is 0 Å². The molecule has 0 aromatic carbocycles. The maximum absolute atomic E-state index is 11.5. The van der Waals surface area contributed by atoms with Crippen LogP contribution in [-0.2, 0) is 19.1 Å². The number of nitrogens with one attached hydrogen (secondary N) is 2. The Morgan fingerprint density at radius 3 is 2.60 bits per heavy atom. The van der Waals surface area contributed by atoms with Gasteiger partial charge in [-0.15, -0.1) is 0 Å². The lowest BCUT2D eigenvalue weighted by Crippen LogP contribution is -2.36. The Morgan fingerprint density at radius 2 is 1.90 bits per heavy atom. The highest BCUT2D eigenvalue weighted by molar-refractivity contribution is 5.93. The summed E-state index contributed by atoms with van der Waals surface area (Å²) in [6, 6.07) is -0.220. The van der Waals surface area contributed by atoms with E-state index in [2.05, 4.69) is 10.6 Å². The smallest absolute Gasteiger partial charge is 0.337 e. The molecule has 6 heteroatoms. The topological polar surface area (TPSA) is 76.7 Å². The zero-order chi connectivity index (χ0) is 14.5. The molecule has 6 nitrogen and oxygen atoms in total. The molecule has 2 heterocycles. The van der Waals surface area contributed by atoms with Gasteiger partial charge >= 0.3 is 11.9 Å². The molecular weight excluding hydrogens is 260 g/mol. The molecule has 0 saturated heterocycles. The van der Waals surface area contributed by atoms with Gasteiger partial charge in [0, 0.05) is 12.2 Å². The largest absolute Gasteiger partial charge is 0.465 e. The van der Waals surface area contributed by atoms with Crippen molar-refractivity contribution in [1.82, 2.24) is 10.6 Å². The standard InChI is InChI=1S/C14H16N2O4/c1-19-13(17)9-3-5-15-11(7-9)12-8-10(4-6-16-12)14(18)20-2/h3-5,7-8,11,15-16H,6H2,1-2H3. The Labute approximate surface area is 116 Å². The number of dihydropyridines is 2. The highest BCUT2D eigenvalue weighted by atomic mass is 16.5. The SMILES string of the molecule is COC(=O)C1=CCNC(C2C=C(C(=O)OC)C=CN2)=C1. The summed E-state index contributed by atoms with van der Waals surface area (Å²) in [4.78, 5) is 23.0. The van der Waals surface area contributed by atoms with Crippen LogP contribution >= 0.6 is 0 Å². The van der Waals surface area contributed by atoms with Crippen LogP contribution in [0.1, 0.15) is 0 Å². The highest BCUT2D eigenvalue weighted by Crippen LogP contribution is 2.16. The lowest BCUT2D eigenvalue weighted by molar-refractivity contribution is -0.136. The van der Waals surface area contributed by atoms with Gasteiger partial charge in [0.1, 0.15) is 0 Å². The van der Waals surface area contributed by atoms with Gasteiger partial charge < -0.3 is 20.1 Å². The summed E-state index contributed by atoms with van der Waals surface area (Å²) in [5.41, 5.74) is 1.75. The van der Waals surface area contributed by atoms with Gasteiger partial charge in [-0.25, -0.2) is 9.59 Å². The summed E-state index contributed by atoms with van der Waals surface area (Å²) in [6.07, 6.45) is 8.51. The highest BCUT2D eigenvalue weighted by Gasteiger charge is 2.21. The number of methoxy groups -OCH3 is 2. The fourth-order valence-electron chi connectivity index (χ4n) is 1.97. The van der Waals surface area contributed by atoms with E-state index in [-0.39, 0.29) is 12.0 Å². The zero-order valence-electron chi connectivity index (χ0n) is 11.3. The van der Waals surface area contributed by atoms with Crippen LogP contribution in [0, 0.1) is 0 Å². The van der Waals surface area contributed by atoms with E-state index in [1.807, 2.05) is 0 Å². The second-order valence-corrected chi connectivity index (χ2v) is 4.22. The van der Waals surface area contributed by atoms with E-state index in [1.54, 1.807) is 30.5 Å². The van der Waals surface area contributed by atoms with Gasteiger partial charge in [-0.3, -0.25) is 0 Å². The first-order valence-corrected chi connectivity index (χ1v) is 6.12. The van der Waals surface area contributed by atoms with Crippen molar-refractivity contribution in [3.63, 3.8) is 0 Å². The molecule has 0 spiro atoms. The first kappa shape index (κ1) is 13.9. The van der Waals surface area contributed by atoms with E-state index < -0.39 is 5.97 Å². The Kier molecular flexibility index (Phi) is 4.24. The third-order valence-electron chi connectivity index (χ3n) is 3.00. The number of carbonyl (C=O) groups excluding carboxylic acids is 2. The van der Waals surface area contributed by atoms with Crippen molar-refractivity contribution in [2.45, 2.75) is 6.04 Å². The first-order valence-electron chi connectivity index (χ1n) is 6.12. The summed E-state index contributed by atoms with van der Waals surface area (Å²) < 4.78 is 9.39. The predicted molar refractivity (Wildman–Crippen MR) is 72.3 cm³/mol. The molecule has 20 heavy (non-hydrogen) atoms. The van der Waals surface area contributed by atoms with Crippen molar-refractivity contribution in [1.29, 1.82) is 0 Å². The minimum Gasteiger partial charge on any atom is -0.465 e. The number of carbonyl (C=O) groups is 2. The first-order chi connectivity index (χ1) is 9.65. The minimum atomic E-state index is -0.395. The molecule has 2 rings (SSSR count). The number of hydrogen-bond acceptors (Lipinski definition) is 6. The molecule has 1 atom stereocenters. The quantitative estimate of drug-likeness (QED) is 0.715. The van der Waals surface area contributed by atoms with E-state index in [1.165, 1.54) is 14.2 Å². The van der Waals surface area contributed by atoms with Crippen LogP contribution in [0.25, 0.3) is 0 Å². The van der Waals surface area contributed by atoms with E-state index >= 15 is 0 Å². The van der Waals surface area contributed by atoms with Crippen LogP contribution in [0.5, 0.6) is 0 Å². The van der Waals surface area contributed by atoms with Crippen LogP contribution in [0.2, 0.25) is 0 Å². The number of ether oxygens (including phenoxy) is 2. The minimum absolute atomic E-state index is 0.220. The van der Waals surface area contributed by atoms with Crippen molar-refractivity contribution in [3.05, 3.63) is 47.3 Å². The average Bonchev–Trinajstić information content (AvgIpc) is 2.53. The molecule has 2 N–H and O–H groups in total. The average molecular weight is 276 g/mol. The van der Waals surface area contributed by atoms with Crippen LogP contribution in [0.15, 0.2) is 47.3 Å². The normalized spacial score (nSPS) is 20.7. The van der Waals surface area contributed by atoms with Crippen LogP contribution in [0.4, 0.5) is 0 Å². The van der Waals surface area contributed by atoms with Crippen molar-refractivity contribution in [2.24, 2.45) is 0 Å². The predicted octanol–water partition coefficient (Wildman–Crippen LogP) is 0.158. The third kappa shape index (κ3) is 2.90. The Hall–Kier alpha value is -2.50. The lowest BCUT2D eigenvalue weighted by atomic mass is 10.0. The van der Waals surface area contributed by atoms with Gasteiger partial charge in [0.25, 0.3) is 0 Å². The molecule has 0 amide bonds. The van der Waals surface area contributed by atoms with E-state index in [4.69, 9.17) is 9.47 Å². The maximum Gasteiger partial charge on any atom is 0.337 e. The molecule has 1 unspecified atom stereocenters. The third-order valence-corrected chi connectivity index (χ3v) is 3.00. The van der Waals surface area contributed by atoms with Gasteiger partial charge in [-0.1, -0.05) is 6.08 Å². The molecule has 0 bridgehead atoms. The van der Waals surface area contributed by atoms with Crippen molar-refractivity contribution in [3.8, 4) is 0 Å². The fourth-order valence-corrected chi connectivity index (χ4v) is 1.97. The van der Waals surface area contributed by atoms with Gasteiger partial charge in [0.2, 0.25) is 0 Å². The second-order valence-electron chi connectivity index (χ2n) is 4.22. The van der Waals surface area contributed by atoms with Crippen LogP contribution in [-0.4, -0.2) is 38.7 Å². The number of rotatable bonds is 3. The molecule has 0 radical (unpaired) electrons. The monoisotopic (exact) mass is 276 g/mol. The zero-order valence-corrected chi connectivity index (χ0v) is 11.3. The van der Waals surface area contributed by atoms with Crippen LogP contribution < -0.4 is 10.6 Å². The molecule has 106 valence electrons. The molecule has 0 fully saturated rings. The van der Waals surface area contributed by atoms with Gasteiger partial charge in [0.05, 0.1) is 31.4 Å². The molecule has 0 aromatic heterocycles. The molecule has 2 aliphatic heterocycles. The molecule has 0 aromatic rings. The van der Waals surface area contributed by atoms with Crippen molar-refractivity contribution in [2.75, 3.05) is 20.8 Å². The van der Waals surface area contributed by atoms with Crippen molar-refractivity contribution >= 4 is 11.9 Å². The van der Waals surface area contributed by atoms with E-state index in [0.29, 0.717) is 17.7 Å². The Balaban J connectivity index is 2.20. The summed E-state index contributed by atoms with van der Waals surface area (Å²) in [7, 11) is 2.68.